The average molecular weight is 314 g/mol. The van der Waals surface area contributed by atoms with Crippen LogP contribution in [0.5, 0.6) is 5.88 Å². The van der Waals surface area contributed by atoms with Crippen LogP contribution < -0.4 is 10.1 Å². The van der Waals surface area contributed by atoms with Gasteiger partial charge in [0.15, 0.2) is 0 Å². The third-order valence-corrected chi connectivity index (χ3v) is 3.02. The second-order valence-corrected chi connectivity index (χ2v) is 4.46. The number of rotatable bonds is 4. The van der Waals surface area contributed by atoms with E-state index < -0.39 is 11.7 Å². The maximum absolute atomic E-state index is 13.9. The van der Waals surface area contributed by atoms with Gasteiger partial charge in [0.1, 0.15) is 12.1 Å². The topological polar surface area (TPSA) is 94.8 Å². The zero-order valence-electron chi connectivity index (χ0n) is 12.0. The summed E-state index contributed by atoms with van der Waals surface area (Å²) in [5, 5.41) is 13.2. The molecule has 0 spiro atoms. The van der Waals surface area contributed by atoms with E-state index in [0.29, 0.717) is 11.6 Å². The van der Waals surface area contributed by atoms with Crippen molar-refractivity contribution in [1.29, 1.82) is 0 Å². The summed E-state index contributed by atoms with van der Waals surface area (Å²) in [7, 11) is 1.47. The highest BCUT2D eigenvalue weighted by Crippen LogP contribution is 2.19. The molecule has 116 valence electrons. The van der Waals surface area contributed by atoms with Gasteiger partial charge in [0.25, 0.3) is 5.91 Å². The summed E-state index contributed by atoms with van der Waals surface area (Å²) in [6.07, 6.45) is 2.71. The predicted octanol–water partition coefficient (Wildman–Crippen LogP) is 1.46. The molecule has 0 radical (unpaired) electrons. The summed E-state index contributed by atoms with van der Waals surface area (Å²) >= 11 is 0. The molecule has 1 amide bonds. The van der Waals surface area contributed by atoms with Gasteiger partial charge in [-0.2, -0.15) is 0 Å². The number of methoxy groups -OCH3 is 1. The Morgan fingerprint density at radius 2 is 2.17 bits per heavy atom. The Morgan fingerprint density at radius 1 is 1.30 bits per heavy atom. The number of benzene rings is 1. The molecule has 3 aromatic rings. The van der Waals surface area contributed by atoms with Crippen LogP contribution in [0.25, 0.3) is 5.69 Å². The molecule has 3 rings (SSSR count). The molecule has 1 N–H and O–H groups in total. The van der Waals surface area contributed by atoms with E-state index in [9.17, 15) is 9.18 Å². The van der Waals surface area contributed by atoms with Gasteiger partial charge in [-0.25, -0.2) is 14.1 Å². The van der Waals surface area contributed by atoms with Crippen LogP contribution >= 0.6 is 0 Å². The molecule has 0 aliphatic rings. The smallest absolute Gasteiger partial charge is 0.257 e. The molecule has 0 atom stereocenters. The third-order valence-electron chi connectivity index (χ3n) is 3.02. The molecular weight excluding hydrogens is 303 g/mol. The van der Waals surface area contributed by atoms with E-state index in [4.69, 9.17) is 4.74 Å². The first-order chi connectivity index (χ1) is 11.2. The molecule has 0 bridgehead atoms. The Kier molecular flexibility index (Phi) is 3.91. The molecule has 0 unspecified atom stereocenters. The number of ether oxygens (including phenoxy) is 1. The Labute approximate surface area is 129 Å². The number of nitrogens with one attached hydrogen (secondary N) is 1. The number of aromatic nitrogens is 5. The summed E-state index contributed by atoms with van der Waals surface area (Å²) in [4.78, 5) is 16.1. The molecule has 8 nitrogen and oxygen atoms in total. The number of nitrogens with zero attached hydrogens (tertiary/aromatic N) is 5. The fourth-order valence-corrected chi connectivity index (χ4v) is 1.86. The van der Waals surface area contributed by atoms with Crippen LogP contribution in [0.15, 0.2) is 42.9 Å². The van der Waals surface area contributed by atoms with Crippen LogP contribution in [-0.4, -0.2) is 38.2 Å². The first-order valence-electron chi connectivity index (χ1n) is 6.51. The minimum atomic E-state index is -0.573. The number of anilines is 1. The van der Waals surface area contributed by atoms with Crippen LogP contribution in [0.2, 0.25) is 0 Å². The number of amides is 1. The molecule has 0 saturated heterocycles. The lowest BCUT2D eigenvalue weighted by Gasteiger charge is -2.08. The monoisotopic (exact) mass is 314 g/mol. The second kappa shape index (κ2) is 6.18. The largest absolute Gasteiger partial charge is 0.481 e. The van der Waals surface area contributed by atoms with Gasteiger partial charge in [0, 0.05) is 12.3 Å². The highest BCUT2D eigenvalue weighted by molar-refractivity contribution is 6.04. The van der Waals surface area contributed by atoms with Crippen LogP contribution in [0.1, 0.15) is 10.4 Å². The van der Waals surface area contributed by atoms with Crippen molar-refractivity contribution in [2.75, 3.05) is 12.4 Å². The summed E-state index contributed by atoms with van der Waals surface area (Å²) in [6, 6.07) is 7.22. The van der Waals surface area contributed by atoms with Crippen LogP contribution in [0.4, 0.5) is 10.1 Å². The second-order valence-electron chi connectivity index (χ2n) is 4.46. The predicted molar refractivity (Wildman–Crippen MR) is 77.9 cm³/mol. The Hall–Kier alpha value is -3.36. The van der Waals surface area contributed by atoms with Crippen LogP contribution in [0, 0.1) is 5.82 Å². The molecule has 0 aliphatic heterocycles. The lowest BCUT2D eigenvalue weighted by molar-refractivity contribution is 0.102. The van der Waals surface area contributed by atoms with Crippen molar-refractivity contribution >= 4 is 11.6 Å². The minimum Gasteiger partial charge on any atom is -0.481 e. The number of hydrogen-bond acceptors (Lipinski definition) is 6. The maximum atomic E-state index is 13.9. The van der Waals surface area contributed by atoms with Gasteiger partial charge in [-0.3, -0.25) is 4.79 Å². The van der Waals surface area contributed by atoms with E-state index in [1.54, 1.807) is 6.07 Å². The van der Waals surface area contributed by atoms with Crippen molar-refractivity contribution in [3.8, 4) is 11.6 Å². The SMILES string of the molecule is COc1ccc(C(=O)Nc2cc(-n3cnnn3)ccc2F)cn1. The Morgan fingerprint density at radius 3 is 2.83 bits per heavy atom. The lowest BCUT2D eigenvalue weighted by Crippen LogP contribution is -2.13. The minimum absolute atomic E-state index is 0.0128. The highest BCUT2D eigenvalue weighted by atomic mass is 19.1. The fourth-order valence-electron chi connectivity index (χ4n) is 1.86. The third kappa shape index (κ3) is 3.12. The van der Waals surface area contributed by atoms with E-state index in [0.717, 1.165) is 0 Å². The van der Waals surface area contributed by atoms with Crippen molar-refractivity contribution in [2.45, 2.75) is 0 Å². The molecule has 0 saturated carbocycles. The van der Waals surface area contributed by atoms with Crippen molar-refractivity contribution in [3.63, 3.8) is 0 Å². The zero-order chi connectivity index (χ0) is 16.2. The summed E-state index contributed by atoms with van der Waals surface area (Å²) in [5.41, 5.74) is 0.802. The van der Waals surface area contributed by atoms with Gasteiger partial charge in [0.2, 0.25) is 5.88 Å². The van der Waals surface area contributed by atoms with E-state index in [-0.39, 0.29) is 11.3 Å². The average Bonchev–Trinajstić information content (AvgIpc) is 3.11. The molecule has 2 heterocycles. The lowest BCUT2D eigenvalue weighted by atomic mass is 10.2. The molecule has 9 heteroatoms. The Bertz CT molecular complexity index is 820. The van der Waals surface area contributed by atoms with Crippen molar-refractivity contribution in [1.82, 2.24) is 25.2 Å². The summed E-state index contributed by atoms with van der Waals surface area (Å²) < 4.78 is 20.2. The van der Waals surface area contributed by atoms with Gasteiger partial charge >= 0.3 is 0 Å². The van der Waals surface area contributed by atoms with Crippen molar-refractivity contribution in [3.05, 3.63) is 54.2 Å². The highest BCUT2D eigenvalue weighted by Gasteiger charge is 2.12. The normalized spacial score (nSPS) is 10.3. The van der Waals surface area contributed by atoms with Gasteiger partial charge in [0.05, 0.1) is 24.0 Å². The van der Waals surface area contributed by atoms with Crippen molar-refractivity contribution in [2.24, 2.45) is 0 Å². The fraction of sp³-hybridized carbons (Fsp3) is 0.0714. The molecule has 0 aliphatic carbocycles. The Balaban J connectivity index is 1.83. The summed E-state index contributed by atoms with van der Waals surface area (Å²) in [5.74, 6) is -0.682. The van der Waals surface area contributed by atoms with Crippen molar-refractivity contribution < 1.29 is 13.9 Å². The van der Waals surface area contributed by atoms with E-state index >= 15 is 0 Å². The molecule has 0 fully saturated rings. The van der Waals surface area contributed by atoms with Gasteiger partial charge in [-0.05, 0) is 34.7 Å². The number of pyridine rings is 1. The molecule has 23 heavy (non-hydrogen) atoms. The molecule has 1 aromatic carbocycles. The van der Waals surface area contributed by atoms with E-state index in [1.807, 2.05) is 0 Å². The van der Waals surface area contributed by atoms with Gasteiger partial charge in [-0.1, -0.05) is 0 Å². The van der Waals surface area contributed by atoms with Crippen LogP contribution in [-0.2, 0) is 0 Å². The maximum Gasteiger partial charge on any atom is 0.257 e. The van der Waals surface area contributed by atoms with Crippen LogP contribution in [0.3, 0.4) is 0 Å². The van der Waals surface area contributed by atoms with Gasteiger partial charge in [-0.15, -0.1) is 5.10 Å². The summed E-state index contributed by atoms with van der Waals surface area (Å²) in [6.45, 7) is 0. The number of tetrazole rings is 1. The number of halogens is 1. The first kappa shape index (κ1) is 14.6. The zero-order valence-corrected chi connectivity index (χ0v) is 12.0. The van der Waals surface area contributed by atoms with E-state index in [2.05, 4.69) is 25.8 Å². The standard InChI is InChI=1S/C14H11FN6O2/c1-23-13-5-2-9(7-16-13)14(22)18-12-6-10(3-4-11(12)15)21-8-17-19-20-21/h2-8H,1H3,(H,18,22). The van der Waals surface area contributed by atoms with E-state index in [1.165, 1.54) is 48.6 Å². The number of carbonyl (C=O) groups excluding carboxylic acids is 1. The first-order valence-corrected chi connectivity index (χ1v) is 6.51. The molecular formula is C14H11FN6O2. The van der Waals surface area contributed by atoms with Gasteiger partial charge < -0.3 is 10.1 Å². The number of carbonyl (C=O) groups is 1. The quantitative estimate of drug-likeness (QED) is 0.783. The molecule has 2 aromatic heterocycles. The number of hydrogen-bond donors (Lipinski definition) is 1.